The van der Waals surface area contributed by atoms with E-state index in [2.05, 4.69) is 20.0 Å². The first-order chi connectivity index (χ1) is 8.95. The first kappa shape index (κ1) is 13.0. The van der Waals surface area contributed by atoms with E-state index < -0.39 is 11.9 Å². The monoisotopic (exact) mass is 281 g/mol. The molecule has 1 heterocycles. The number of aromatic carboxylic acids is 1. The number of hydrogen-bond acceptors (Lipinski definition) is 5. The average molecular weight is 282 g/mol. The molecule has 0 unspecified atom stereocenters. The van der Waals surface area contributed by atoms with Crippen LogP contribution in [0.25, 0.3) is 0 Å². The molecule has 1 aromatic carbocycles. The second-order valence-corrected chi connectivity index (χ2v) is 4.06. The van der Waals surface area contributed by atoms with Gasteiger partial charge in [0, 0.05) is 17.6 Å². The molecule has 0 aliphatic carbocycles. The maximum Gasteiger partial charge on any atom is 0.335 e. The van der Waals surface area contributed by atoms with E-state index in [9.17, 15) is 9.59 Å². The fourth-order valence-corrected chi connectivity index (χ4v) is 1.60. The zero-order valence-corrected chi connectivity index (χ0v) is 10.4. The number of carboxylic acid groups (broad SMARTS) is 1. The molecule has 0 aliphatic heterocycles. The van der Waals surface area contributed by atoms with Gasteiger partial charge in [-0.05, 0) is 18.2 Å². The molecular weight excluding hydrogens is 274 g/mol. The van der Waals surface area contributed by atoms with Gasteiger partial charge in [-0.15, -0.1) is 0 Å². The van der Waals surface area contributed by atoms with Crippen LogP contribution in [0.1, 0.15) is 26.9 Å². The molecule has 1 amide bonds. The molecule has 0 radical (unpaired) electrons. The van der Waals surface area contributed by atoms with Gasteiger partial charge >= 0.3 is 5.97 Å². The van der Waals surface area contributed by atoms with Crippen molar-refractivity contribution >= 4 is 29.2 Å². The number of halogens is 1. The molecule has 2 rings (SSSR count). The third-order valence-electron chi connectivity index (χ3n) is 2.13. The number of benzene rings is 1. The summed E-state index contributed by atoms with van der Waals surface area (Å²) in [5.74, 6) is -1.65. The number of carboxylic acids is 1. The van der Waals surface area contributed by atoms with Crippen molar-refractivity contribution in [3.63, 3.8) is 0 Å². The lowest BCUT2D eigenvalue weighted by atomic mass is 10.2. The van der Waals surface area contributed by atoms with E-state index in [1.165, 1.54) is 18.2 Å². The molecule has 1 aromatic heterocycles. The number of aryl methyl sites for hydroxylation is 1. The summed E-state index contributed by atoms with van der Waals surface area (Å²) in [4.78, 5) is 26.3. The van der Waals surface area contributed by atoms with Crippen LogP contribution in [0, 0.1) is 6.92 Å². The van der Waals surface area contributed by atoms with Gasteiger partial charge in [-0.3, -0.25) is 4.79 Å². The van der Waals surface area contributed by atoms with Gasteiger partial charge in [0.1, 0.15) is 0 Å². The normalized spacial score (nSPS) is 10.2. The average Bonchev–Trinajstić information content (AvgIpc) is 2.75. The Labute approximate surface area is 112 Å². The van der Waals surface area contributed by atoms with E-state index in [1.807, 2.05) is 0 Å². The highest BCUT2D eigenvalue weighted by molar-refractivity contribution is 6.31. The molecule has 0 fully saturated rings. The van der Waals surface area contributed by atoms with Crippen LogP contribution in [0.15, 0.2) is 22.7 Å². The lowest BCUT2D eigenvalue weighted by Crippen LogP contribution is -2.14. The van der Waals surface area contributed by atoms with Crippen molar-refractivity contribution in [2.24, 2.45) is 0 Å². The molecule has 0 aliphatic rings. The lowest BCUT2D eigenvalue weighted by molar-refractivity contribution is 0.0696. The first-order valence-electron chi connectivity index (χ1n) is 5.11. The van der Waals surface area contributed by atoms with Crippen molar-refractivity contribution in [3.8, 4) is 0 Å². The minimum Gasteiger partial charge on any atom is -0.478 e. The Morgan fingerprint density at radius 2 is 2.11 bits per heavy atom. The second-order valence-electron chi connectivity index (χ2n) is 3.62. The van der Waals surface area contributed by atoms with Crippen molar-refractivity contribution < 1.29 is 19.2 Å². The van der Waals surface area contributed by atoms with Gasteiger partial charge in [0.25, 0.3) is 11.7 Å². The molecule has 0 spiro atoms. The molecule has 0 bridgehead atoms. The third kappa shape index (κ3) is 3.08. The summed E-state index contributed by atoms with van der Waals surface area (Å²) in [6.07, 6.45) is 0. The van der Waals surface area contributed by atoms with E-state index >= 15 is 0 Å². The predicted molar refractivity (Wildman–Crippen MR) is 65.4 cm³/mol. The first-order valence-corrected chi connectivity index (χ1v) is 5.49. The highest BCUT2D eigenvalue weighted by Crippen LogP contribution is 2.19. The summed E-state index contributed by atoms with van der Waals surface area (Å²) >= 11 is 5.76. The van der Waals surface area contributed by atoms with Crippen molar-refractivity contribution in [2.45, 2.75) is 6.92 Å². The van der Waals surface area contributed by atoms with Crippen LogP contribution in [-0.2, 0) is 0 Å². The van der Waals surface area contributed by atoms with Crippen LogP contribution in [-0.4, -0.2) is 27.1 Å². The summed E-state index contributed by atoms with van der Waals surface area (Å²) < 4.78 is 4.67. The summed E-state index contributed by atoms with van der Waals surface area (Å²) in [6, 6.07) is 3.97. The quantitative estimate of drug-likeness (QED) is 0.891. The Kier molecular flexibility index (Phi) is 3.48. The smallest absolute Gasteiger partial charge is 0.335 e. The third-order valence-corrected chi connectivity index (χ3v) is 2.35. The summed E-state index contributed by atoms with van der Waals surface area (Å²) in [5, 5.41) is 15.0. The van der Waals surface area contributed by atoms with Crippen molar-refractivity contribution in [1.29, 1.82) is 0 Å². The summed E-state index contributed by atoms with van der Waals surface area (Å²) in [6.45, 7) is 1.55. The number of nitrogens with zero attached hydrogens (tertiary/aromatic N) is 2. The number of hydrogen-bond donors (Lipinski definition) is 2. The van der Waals surface area contributed by atoms with Gasteiger partial charge in [0.15, 0.2) is 0 Å². The molecule has 2 aromatic rings. The van der Waals surface area contributed by atoms with Gasteiger partial charge in [-0.25, -0.2) is 4.79 Å². The van der Waals surface area contributed by atoms with E-state index in [4.69, 9.17) is 16.7 Å². The molecule has 0 saturated heterocycles. The molecular formula is C11H8ClN3O4. The Morgan fingerprint density at radius 1 is 1.37 bits per heavy atom. The Bertz CT molecular complexity index is 653. The van der Waals surface area contributed by atoms with E-state index in [-0.39, 0.29) is 28.0 Å². The molecule has 2 N–H and O–H groups in total. The van der Waals surface area contributed by atoms with Crippen LogP contribution in [0.5, 0.6) is 0 Å². The summed E-state index contributed by atoms with van der Waals surface area (Å²) in [7, 11) is 0. The SMILES string of the molecule is Cc1nc(C(=O)Nc2cc(Cl)cc(C(=O)O)c2)no1. The fourth-order valence-electron chi connectivity index (χ4n) is 1.36. The van der Waals surface area contributed by atoms with Crippen molar-refractivity contribution in [2.75, 3.05) is 5.32 Å². The van der Waals surface area contributed by atoms with Crippen molar-refractivity contribution in [3.05, 3.63) is 40.5 Å². The Hall–Kier alpha value is -2.41. The van der Waals surface area contributed by atoms with E-state index in [1.54, 1.807) is 6.92 Å². The van der Waals surface area contributed by atoms with Crippen LogP contribution in [0.2, 0.25) is 5.02 Å². The number of amides is 1. The van der Waals surface area contributed by atoms with Gasteiger partial charge in [0.05, 0.1) is 5.56 Å². The van der Waals surface area contributed by atoms with Crippen molar-refractivity contribution in [1.82, 2.24) is 10.1 Å². The van der Waals surface area contributed by atoms with Gasteiger partial charge < -0.3 is 14.9 Å². The summed E-state index contributed by atoms with van der Waals surface area (Å²) in [5.41, 5.74) is 0.199. The highest BCUT2D eigenvalue weighted by atomic mass is 35.5. The van der Waals surface area contributed by atoms with Crippen LogP contribution in [0.3, 0.4) is 0 Å². The number of rotatable bonds is 3. The Morgan fingerprint density at radius 3 is 2.68 bits per heavy atom. The van der Waals surface area contributed by atoms with Gasteiger partial charge in [-0.2, -0.15) is 4.98 Å². The standard InChI is InChI=1S/C11H8ClN3O4/c1-5-13-9(15-19-5)10(16)14-8-3-6(11(17)18)2-7(12)4-8/h2-4H,1H3,(H,14,16)(H,17,18). The maximum atomic E-state index is 11.7. The number of carbonyl (C=O) groups is 2. The molecule has 0 atom stereocenters. The number of carbonyl (C=O) groups excluding carboxylic acids is 1. The number of anilines is 1. The minimum atomic E-state index is -1.14. The maximum absolute atomic E-state index is 11.7. The largest absolute Gasteiger partial charge is 0.478 e. The van der Waals surface area contributed by atoms with Crippen LogP contribution < -0.4 is 5.32 Å². The number of nitrogens with one attached hydrogen (secondary N) is 1. The van der Waals surface area contributed by atoms with Gasteiger partial charge in [0.2, 0.25) is 5.89 Å². The predicted octanol–water partition coefficient (Wildman–Crippen LogP) is 1.98. The molecule has 19 heavy (non-hydrogen) atoms. The zero-order valence-electron chi connectivity index (χ0n) is 9.68. The van der Waals surface area contributed by atoms with Crippen LogP contribution in [0.4, 0.5) is 5.69 Å². The van der Waals surface area contributed by atoms with E-state index in [0.717, 1.165) is 0 Å². The molecule has 7 nitrogen and oxygen atoms in total. The lowest BCUT2D eigenvalue weighted by Gasteiger charge is -2.04. The Balaban J connectivity index is 2.23. The minimum absolute atomic E-state index is 0.0351. The fraction of sp³-hybridized carbons (Fsp3) is 0.0909. The van der Waals surface area contributed by atoms with Gasteiger partial charge in [-0.1, -0.05) is 16.8 Å². The highest BCUT2D eigenvalue weighted by Gasteiger charge is 2.14. The number of aromatic nitrogens is 2. The van der Waals surface area contributed by atoms with Crippen LogP contribution >= 0.6 is 11.6 Å². The second kappa shape index (κ2) is 5.07. The topological polar surface area (TPSA) is 105 Å². The molecule has 0 saturated carbocycles. The zero-order chi connectivity index (χ0) is 14.0. The van der Waals surface area contributed by atoms with E-state index in [0.29, 0.717) is 0 Å². The molecule has 98 valence electrons. The molecule has 8 heteroatoms.